The van der Waals surface area contributed by atoms with Gasteiger partial charge in [-0.15, -0.1) is 0 Å². The highest BCUT2D eigenvalue weighted by molar-refractivity contribution is 7.89. The Labute approximate surface area is 121 Å². The Morgan fingerprint density at radius 3 is 2.60 bits per heavy atom. The van der Waals surface area contributed by atoms with Crippen molar-refractivity contribution in [1.82, 2.24) is 9.62 Å². The molecule has 1 aromatic heterocycles. The second-order valence-corrected chi connectivity index (χ2v) is 6.71. The van der Waals surface area contributed by atoms with Gasteiger partial charge in [-0.25, -0.2) is 8.42 Å². The van der Waals surface area contributed by atoms with E-state index in [4.69, 9.17) is 4.42 Å². The van der Waals surface area contributed by atoms with Crippen LogP contribution in [0.3, 0.4) is 0 Å². The van der Waals surface area contributed by atoms with Gasteiger partial charge in [0.15, 0.2) is 0 Å². The van der Waals surface area contributed by atoms with E-state index < -0.39 is 10.0 Å². The van der Waals surface area contributed by atoms with Crippen molar-refractivity contribution in [3.8, 4) is 0 Å². The highest BCUT2D eigenvalue weighted by Crippen LogP contribution is 2.24. The van der Waals surface area contributed by atoms with Gasteiger partial charge < -0.3 is 9.73 Å². The minimum atomic E-state index is -3.53. The highest BCUT2D eigenvalue weighted by atomic mass is 32.2. The van der Waals surface area contributed by atoms with Gasteiger partial charge in [-0.05, 0) is 20.4 Å². The van der Waals surface area contributed by atoms with Crippen molar-refractivity contribution < 1.29 is 12.8 Å². The fourth-order valence-electron chi connectivity index (χ4n) is 1.92. The van der Waals surface area contributed by atoms with Gasteiger partial charge in [-0.1, -0.05) is 26.0 Å². The lowest BCUT2D eigenvalue weighted by molar-refractivity contribution is 0.442. The molecule has 0 aromatic carbocycles. The van der Waals surface area contributed by atoms with Crippen molar-refractivity contribution in [2.75, 3.05) is 19.6 Å². The van der Waals surface area contributed by atoms with Gasteiger partial charge in [-0.3, -0.25) is 0 Å². The van der Waals surface area contributed by atoms with E-state index in [1.807, 2.05) is 20.8 Å². The number of likely N-dealkylation sites (N-methyl/N-ethyl adjacent to an activating group) is 1. The van der Waals surface area contributed by atoms with Crippen molar-refractivity contribution >= 4 is 10.0 Å². The molecule has 0 spiro atoms. The van der Waals surface area contributed by atoms with Gasteiger partial charge in [0.25, 0.3) is 0 Å². The largest absolute Gasteiger partial charge is 0.464 e. The normalized spacial score (nSPS) is 12.1. The Morgan fingerprint density at radius 1 is 1.45 bits per heavy atom. The number of hydrogen-bond donors (Lipinski definition) is 1. The van der Waals surface area contributed by atoms with Crippen LogP contribution in [0.2, 0.25) is 0 Å². The second kappa shape index (κ2) is 7.06. The van der Waals surface area contributed by atoms with E-state index in [2.05, 4.69) is 11.9 Å². The monoisotopic (exact) mass is 300 g/mol. The summed E-state index contributed by atoms with van der Waals surface area (Å²) < 4.78 is 32.1. The fraction of sp³-hybridized carbons (Fsp3) is 0.571. The number of aryl methyl sites for hydroxylation is 1. The third kappa shape index (κ3) is 3.94. The summed E-state index contributed by atoms with van der Waals surface area (Å²) >= 11 is 0. The molecule has 0 radical (unpaired) electrons. The third-order valence-electron chi connectivity index (χ3n) is 2.89. The van der Waals surface area contributed by atoms with Gasteiger partial charge in [0, 0.05) is 19.2 Å². The summed E-state index contributed by atoms with van der Waals surface area (Å²) in [6.45, 7) is 13.1. The lowest BCUT2D eigenvalue weighted by Crippen LogP contribution is -2.32. The maximum absolute atomic E-state index is 12.6. The van der Waals surface area contributed by atoms with Gasteiger partial charge >= 0.3 is 0 Å². The lowest BCUT2D eigenvalue weighted by atomic mass is 10.3. The van der Waals surface area contributed by atoms with E-state index in [1.165, 1.54) is 4.31 Å². The van der Waals surface area contributed by atoms with Crippen molar-refractivity contribution in [3.05, 3.63) is 29.7 Å². The zero-order valence-corrected chi connectivity index (χ0v) is 13.5. The fourth-order valence-corrected chi connectivity index (χ4v) is 3.62. The first-order valence-electron chi connectivity index (χ1n) is 6.77. The first kappa shape index (κ1) is 16.9. The minimum Gasteiger partial charge on any atom is -0.464 e. The van der Waals surface area contributed by atoms with Crippen LogP contribution in [0.4, 0.5) is 0 Å². The Morgan fingerprint density at radius 2 is 2.10 bits per heavy atom. The highest BCUT2D eigenvalue weighted by Gasteiger charge is 2.27. The van der Waals surface area contributed by atoms with Crippen LogP contribution in [0.15, 0.2) is 27.5 Å². The predicted octanol–water partition coefficient (Wildman–Crippen LogP) is 2.28. The van der Waals surface area contributed by atoms with Crippen LogP contribution in [-0.4, -0.2) is 32.4 Å². The Bertz CT molecular complexity index is 561. The molecule has 0 bridgehead atoms. The average Bonchev–Trinajstić information content (AvgIpc) is 2.75. The van der Waals surface area contributed by atoms with E-state index >= 15 is 0 Å². The van der Waals surface area contributed by atoms with Gasteiger partial charge in [0.05, 0.1) is 6.54 Å². The number of sulfonamides is 1. The molecule has 1 N–H and O–H groups in total. The topological polar surface area (TPSA) is 62.6 Å². The van der Waals surface area contributed by atoms with E-state index in [0.717, 1.165) is 12.1 Å². The van der Waals surface area contributed by atoms with Gasteiger partial charge in [0.1, 0.15) is 16.4 Å². The van der Waals surface area contributed by atoms with Crippen LogP contribution in [0.1, 0.15) is 32.3 Å². The molecular weight excluding hydrogens is 276 g/mol. The van der Waals surface area contributed by atoms with Gasteiger partial charge in [-0.2, -0.15) is 4.31 Å². The molecule has 1 rings (SSSR count). The number of rotatable bonds is 8. The summed E-state index contributed by atoms with van der Waals surface area (Å²) in [5.74, 6) is 1.06. The molecule has 1 heterocycles. The van der Waals surface area contributed by atoms with E-state index in [-0.39, 0.29) is 4.90 Å². The summed E-state index contributed by atoms with van der Waals surface area (Å²) in [6.07, 6.45) is 0. The first-order chi connectivity index (χ1) is 9.32. The number of nitrogens with one attached hydrogen (secondary N) is 1. The minimum absolute atomic E-state index is 0.244. The zero-order chi connectivity index (χ0) is 15.3. The summed E-state index contributed by atoms with van der Waals surface area (Å²) in [4.78, 5) is 0.244. The average molecular weight is 300 g/mol. The van der Waals surface area contributed by atoms with Crippen LogP contribution in [-0.2, 0) is 16.6 Å². The molecule has 20 heavy (non-hydrogen) atoms. The van der Waals surface area contributed by atoms with Crippen LogP contribution in [0.5, 0.6) is 0 Å². The number of furan rings is 1. The molecule has 0 amide bonds. The predicted molar refractivity (Wildman–Crippen MR) is 80.1 cm³/mol. The summed E-state index contributed by atoms with van der Waals surface area (Å²) in [5, 5.41) is 3.12. The zero-order valence-electron chi connectivity index (χ0n) is 12.7. The van der Waals surface area contributed by atoms with E-state index in [9.17, 15) is 8.42 Å². The summed E-state index contributed by atoms with van der Waals surface area (Å²) in [7, 11) is -3.53. The third-order valence-corrected chi connectivity index (χ3v) is 4.92. The first-order valence-corrected chi connectivity index (χ1v) is 8.21. The summed E-state index contributed by atoms with van der Waals surface area (Å²) in [6, 6.07) is 1.61. The molecule has 5 nitrogen and oxygen atoms in total. The van der Waals surface area contributed by atoms with Crippen LogP contribution < -0.4 is 5.32 Å². The maximum Gasteiger partial charge on any atom is 0.246 e. The molecule has 0 atom stereocenters. The Balaban J connectivity index is 3.07. The molecule has 0 fully saturated rings. The van der Waals surface area contributed by atoms with Crippen molar-refractivity contribution in [3.63, 3.8) is 0 Å². The molecule has 0 saturated carbocycles. The molecule has 0 aliphatic rings. The van der Waals surface area contributed by atoms with Crippen molar-refractivity contribution in [2.45, 2.75) is 39.1 Å². The van der Waals surface area contributed by atoms with E-state index in [0.29, 0.717) is 31.2 Å². The Hall–Kier alpha value is -1.11. The molecule has 0 aliphatic heterocycles. The van der Waals surface area contributed by atoms with Crippen molar-refractivity contribution in [2.24, 2.45) is 0 Å². The quantitative estimate of drug-likeness (QED) is 0.748. The maximum atomic E-state index is 12.6. The van der Waals surface area contributed by atoms with Gasteiger partial charge in [0.2, 0.25) is 10.0 Å². The molecule has 1 aromatic rings. The molecular formula is C14H24N2O3S. The van der Waals surface area contributed by atoms with Crippen LogP contribution >= 0.6 is 0 Å². The lowest BCUT2D eigenvalue weighted by Gasteiger charge is -2.19. The van der Waals surface area contributed by atoms with E-state index in [1.54, 1.807) is 13.0 Å². The Kier molecular flexibility index (Phi) is 5.98. The molecule has 114 valence electrons. The molecule has 0 unspecified atom stereocenters. The smallest absolute Gasteiger partial charge is 0.246 e. The van der Waals surface area contributed by atoms with Crippen LogP contribution in [0.25, 0.3) is 0 Å². The second-order valence-electron chi connectivity index (χ2n) is 4.80. The molecule has 0 aliphatic carbocycles. The SMILES string of the molecule is C=C(C)CN(CC)S(=O)(=O)c1cc(CNCC)oc1C. The summed E-state index contributed by atoms with van der Waals surface area (Å²) in [5.41, 5.74) is 0.810. The standard InChI is InChI=1S/C14H24N2O3S/c1-6-15-9-13-8-14(12(5)19-13)20(17,18)16(7-2)10-11(3)4/h8,15H,3,6-7,9-10H2,1-2,4-5H3. The number of nitrogens with zero attached hydrogens (tertiary/aromatic N) is 1. The van der Waals surface area contributed by atoms with Crippen LogP contribution in [0, 0.1) is 6.92 Å². The number of hydrogen-bond acceptors (Lipinski definition) is 4. The molecule has 0 saturated heterocycles. The van der Waals surface area contributed by atoms with Crippen molar-refractivity contribution in [1.29, 1.82) is 0 Å². The molecule has 6 heteroatoms.